The number of aromatic nitrogens is 4. The number of carbonyl (C=O) groups excluding carboxylic acids is 1. The van der Waals surface area contributed by atoms with Crippen molar-refractivity contribution in [3.8, 4) is 11.4 Å². The molecule has 2 heterocycles. The van der Waals surface area contributed by atoms with E-state index in [9.17, 15) is 14.0 Å². The molecule has 0 bridgehead atoms. The molecule has 10 heteroatoms. The number of ether oxygens (including phenoxy) is 1. The summed E-state index contributed by atoms with van der Waals surface area (Å²) in [5.74, 6) is -0.196. The van der Waals surface area contributed by atoms with Crippen molar-refractivity contribution in [3.05, 3.63) is 75.5 Å². The lowest BCUT2D eigenvalue weighted by atomic mass is 10.2. The Labute approximate surface area is 192 Å². The van der Waals surface area contributed by atoms with Crippen LogP contribution in [0, 0.1) is 5.82 Å². The van der Waals surface area contributed by atoms with Crippen molar-refractivity contribution in [1.82, 2.24) is 19.6 Å². The van der Waals surface area contributed by atoms with Crippen molar-refractivity contribution < 1.29 is 13.9 Å². The van der Waals surface area contributed by atoms with Crippen LogP contribution in [0.3, 0.4) is 0 Å². The first kappa shape index (κ1) is 21.1. The van der Waals surface area contributed by atoms with E-state index in [0.29, 0.717) is 33.0 Å². The van der Waals surface area contributed by atoms with Gasteiger partial charge in [0.15, 0.2) is 0 Å². The molecule has 0 aliphatic heterocycles. The summed E-state index contributed by atoms with van der Waals surface area (Å²) in [4.78, 5) is 26.2. The molecule has 5 rings (SSSR count). The highest BCUT2D eigenvalue weighted by Crippen LogP contribution is 2.41. The van der Waals surface area contributed by atoms with Crippen LogP contribution in [0.25, 0.3) is 16.6 Å². The summed E-state index contributed by atoms with van der Waals surface area (Å²) in [6.07, 6.45) is 3.50. The number of amides is 1. The van der Waals surface area contributed by atoms with Crippen molar-refractivity contribution in [3.63, 3.8) is 0 Å². The monoisotopic (exact) mass is 467 g/mol. The summed E-state index contributed by atoms with van der Waals surface area (Å²) in [5, 5.41) is 12.7. The largest absolute Gasteiger partial charge is 0.495 e. The molecule has 2 aromatic carbocycles. The van der Waals surface area contributed by atoms with Crippen LogP contribution in [-0.4, -0.2) is 32.6 Å². The highest BCUT2D eigenvalue weighted by molar-refractivity contribution is 6.31. The van der Waals surface area contributed by atoms with Crippen molar-refractivity contribution in [1.29, 1.82) is 0 Å². The second kappa shape index (κ2) is 8.32. The Hall–Kier alpha value is -3.72. The van der Waals surface area contributed by atoms with E-state index in [1.807, 2.05) is 0 Å². The molecule has 0 saturated heterocycles. The van der Waals surface area contributed by atoms with E-state index >= 15 is 0 Å². The summed E-state index contributed by atoms with van der Waals surface area (Å²) >= 11 is 6.04. The van der Waals surface area contributed by atoms with Crippen molar-refractivity contribution in [2.24, 2.45) is 0 Å². The van der Waals surface area contributed by atoms with Crippen LogP contribution in [0.2, 0.25) is 5.02 Å². The molecule has 1 aliphatic rings. The average molecular weight is 468 g/mol. The average Bonchev–Trinajstić information content (AvgIpc) is 3.54. The van der Waals surface area contributed by atoms with Crippen LogP contribution in [0.1, 0.15) is 24.5 Å². The van der Waals surface area contributed by atoms with Crippen molar-refractivity contribution in [2.45, 2.75) is 25.3 Å². The molecule has 2 aromatic heterocycles. The van der Waals surface area contributed by atoms with Gasteiger partial charge >= 0.3 is 0 Å². The molecule has 1 N–H and O–H groups in total. The van der Waals surface area contributed by atoms with Crippen LogP contribution < -0.4 is 15.6 Å². The number of nitrogens with one attached hydrogen (secondary N) is 1. The van der Waals surface area contributed by atoms with Gasteiger partial charge in [-0.1, -0.05) is 11.6 Å². The predicted octanol–water partition coefficient (Wildman–Crippen LogP) is 3.90. The second-order valence-corrected chi connectivity index (χ2v) is 8.25. The number of hydrogen-bond acceptors (Lipinski definition) is 5. The molecular weight excluding hydrogens is 449 g/mol. The third kappa shape index (κ3) is 4.07. The number of rotatable bonds is 6. The minimum atomic E-state index is -0.468. The maximum absolute atomic E-state index is 13.4. The molecule has 4 aromatic rings. The van der Waals surface area contributed by atoms with E-state index in [4.69, 9.17) is 16.3 Å². The number of anilines is 1. The minimum Gasteiger partial charge on any atom is -0.495 e. The lowest BCUT2D eigenvalue weighted by Crippen LogP contribution is -2.31. The Morgan fingerprint density at radius 1 is 1.24 bits per heavy atom. The third-order valence-electron chi connectivity index (χ3n) is 5.47. The number of benzene rings is 2. The van der Waals surface area contributed by atoms with E-state index in [2.05, 4.69) is 15.5 Å². The second-order valence-electron chi connectivity index (χ2n) is 7.81. The van der Waals surface area contributed by atoms with Gasteiger partial charge in [0, 0.05) is 16.3 Å². The first-order valence-corrected chi connectivity index (χ1v) is 10.7. The molecule has 1 fully saturated rings. The van der Waals surface area contributed by atoms with Gasteiger partial charge in [-0.3, -0.25) is 9.59 Å². The number of nitrogens with zero attached hydrogens (tertiary/aromatic N) is 4. The molecular formula is C23H19ClFN5O3. The summed E-state index contributed by atoms with van der Waals surface area (Å²) < 4.78 is 21.3. The molecule has 33 heavy (non-hydrogen) atoms. The zero-order valence-electron chi connectivity index (χ0n) is 17.6. The normalized spacial score (nSPS) is 13.3. The number of carbonyl (C=O) groups is 1. The molecule has 1 amide bonds. The molecule has 8 nitrogen and oxygen atoms in total. The van der Waals surface area contributed by atoms with Crippen molar-refractivity contribution in [2.75, 3.05) is 12.4 Å². The molecule has 0 radical (unpaired) electrons. The van der Waals surface area contributed by atoms with Crippen LogP contribution in [0.5, 0.6) is 5.75 Å². The van der Waals surface area contributed by atoms with Gasteiger partial charge in [0.05, 0.1) is 30.4 Å². The zero-order valence-corrected chi connectivity index (χ0v) is 18.3. The summed E-state index contributed by atoms with van der Waals surface area (Å²) in [6, 6.07) is 10.5. The predicted molar refractivity (Wildman–Crippen MR) is 122 cm³/mol. The highest BCUT2D eigenvalue weighted by atomic mass is 35.5. The molecule has 168 valence electrons. The fourth-order valence-corrected chi connectivity index (χ4v) is 3.91. The minimum absolute atomic E-state index is 0.210. The standard InChI is InChI=1S/C23H19ClFN5O3/c1-33-19-9-4-14(24)10-18(19)27-20(31)12-29-23(32)22-17(21(28-29)13-2-3-13)11-26-30(22)16-7-5-15(25)6-8-16/h4-11,13H,2-3,12H2,1H3,(H,27,31). The topological polar surface area (TPSA) is 91.0 Å². The van der Waals surface area contributed by atoms with Crippen LogP contribution >= 0.6 is 11.6 Å². The fraction of sp³-hybridized carbons (Fsp3) is 0.217. The molecule has 1 saturated carbocycles. The van der Waals surface area contributed by atoms with Gasteiger partial charge in [-0.2, -0.15) is 10.2 Å². The quantitative estimate of drug-likeness (QED) is 0.464. The Balaban J connectivity index is 1.54. The molecule has 1 aliphatic carbocycles. The summed E-state index contributed by atoms with van der Waals surface area (Å²) in [6.45, 7) is -0.307. The van der Waals surface area contributed by atoms with Gasteiger partial charge in [0.25, 0.3) is 5.56 Å². The van der Waals surface area contributed by atoms with Gasteiger partial charge in [0.1, 0.15) is 23.6 Å². The van der Waals surface area contributed by atoms with E-state index in [1.165, 1.54) is 23.9 Å². The van der Waals surface area contributed by atoms with E-state index in [-0.39, 0.29) is 18.3 Å². The highest BCUT2D eigenvalue weighted by Gasteiger charge is 2.30. The molecule has 0 atom stereocenters. The maximum atomic E-state index is 13.4. The van der Waals surface area contributed by atoms with Gasteiger partial charge in [0.2, 0.25) is 5.91 Å². The Kier molecular flexibility index (Phi) is 5.33. The number of hydrogen-bond donors (Lipinski definition) is 1. The zero-order chi connectivity index (χ0) is 23.1. The maximum Gasteiger partial charge on any atom is 0.293 e. The summed E-state index contributed by atoms with van der Waals surface area (Å²) in [7, 11) is 1.48. The van der Waals surface area contributed by atoms with E-state index in [0.717, 1.165) is 23.2 Å². The Morgan fingerprint density at radius 2 is 2.00 bits per heavy atom. The van der Waals surface area contributed by atoms with Gasteiger partial charge in [-0.25, -0.2) is 13.8 Å². The lowest BCUT2D eigenvalue weighted by Gasteiger charge is -2.12. The third-order valence-corrected chi connectivity index (χ3v) is 5.71. The fourth-order valence-electron chi connectivity index (χ4n) is 3.74. The smallest absolute Gasteiger partial charge is 0.293 e. The number of methoxy groups -OCH3 is 1. The van der Waals surface area contributed by atoms with Gasteiger partial charge in [-0.15, -0.1) is 0 Å². The van der Waals surface area contributed by atoms with Crippen molar-refractivity contribution >= 4 is 34.1 Å². The Bertz CT molecular complexity index is 1430. The lowest BCUT2D eigenvalue weighted by molar-refractivity contribution is -0.117. The summed E-state index contributed by atoms with van der Waals surface area (Å²) in [5.41, 5.74) is 1.49. The van der Waals surface area contributed by atoms with Crippen LogP contribution in [0.15, 0.2) is 53.5 Å². The first-order chi connectivity index (χ1) is 15.9. The molecule has 0 unspecified atom stereocenters. The Morgan fingerprint density at radius 3 is 2.70 bits per heavy atom. The van der Waals surface area contributed by atoms with E-state index in [1.54, 1.807) is 36.5 Å². The van der Waals surface area contributed by atoms with Crippen LogP contribution in [-0.2, 0) is 11.3 Å². The number of halogens is 2. The van der Waals surface area contributed by atoms with E-state index < -0.39 is 11.5 Å². The SMILES string of the molecule is COc1ccc(Cl)cc1NC(=O)Cn1nc(C2CC2)c2cnn(-c3ccc(F)cc3)c2c1=O. The number of fused-ring (bicyclic) bond motifs is 1. The van der Waals surface area contributed by atoms with Crippen LogP contribution in [0.4, 0.5) is 10.1 Å². The van der Waals surface area contributed by atoms with Gasteiger partial charge in [-0.05, 0) is 55.3 Å². The molecule has 0 spiro atoms. The first-order valence-electron chi connectivity index (χ1n) is 10.3. The van der Waals surface area contributed by atoms with Gasteiger partial charge < -0.3 is 10.1 Å².